The molecular formula is C10H15ClOS. The minimum atomic E-state index is -0.323. The maximum atomic E-state index is 9.74. The van der Waals surface area contributed by atoms with Crippen LogP contribution in [0.4, 0.5) is 0 Å². The number of hydrogen-bond donors (Lipinski definition) is 1. The summed E-state index contributed by atoms with van der Waals surface area (Å²) in [5.74, 6) is 0. The molecule has 0 aliphatic heterocycles. The molecule has 1 rings (SSSR count). The van der Waals surface area contributed by atoms with Gasteiger partial charge in [-0.25, -0.2) is 0 Å². The summed E-state index contributed by atoms with van der Waals surface area (Å²) in [7, 11) is 0. The van der Waals surface area contributed by atoms with Gasteiger partial charge in [0.15, 0.2) is 0 Å². The Morgan fingerprint density at radius 1 is 1.62 bits per heavy atom. The lowest BCUT2D eigenvalue weighted by molar-refractivity contribution is 0.168. The van der Waals surface area contributed by atoms with E-state index < -0.39 is 0 Å². The van der Waals surface area contributed by atoms with Gasteiger partial charge in [0.25, 0.3) is 0 Å². The molecule has 0 fully saturated rings. The summed E-state index contributed by atoms with van der Waals surface area (Å²) in [5, 5.41) is 9.74. The van der Waals surface area contributed by atoms with E-state index in [2.05, 4.69) is 6.92 Å². The highest BCUT2D eigenvalue weighted by Gasteiger charge is 2.11. The van der Waals surface area contributed by atoms with Gasteiger partial charge < -0.3 is 5.11 Å². The van der Waals surface area contributed by atoms with Crippen LogP contribution in [0.3, 0.4) is 0 Å². The van der Waals surface area contributed by atoms with Gasteiger partial charge >= 0.3 is 0 Å². The SMILES string of the molecule is CCCCC(O)c1cc(C)c(Cl)s1. The molecule has 1 nitrogen and oxygen atoms in total. The molecule has 0 aliphatic carbocycles. The third-order valence-electron chi connectivity index (χ3n) is 2.04. The van der Waals surface area contributed by atoms with E-state index >= 15 is 0 Å². The van der Waals surface area contributed by atoms with Crippen molar-refractivity contribution in [2.24, 2.45) is 0 Å². The Balaban J connectivity index is 2.60. The minimum absolute atomic E-state index is 0.323. The molecule has 0 saturated heterocycles. The monoisotopic (exact) mass is 218 g/mol. The molecule has 74 valence electrons. The standard InChI is InChI=1S/C10H15ClOS/c1-3-4-5-8(12)9-6-7(2)10(11)13-9/h6,8,12H,3-5H2,1-2H3. The minimum Gasteiger partial charge on any atom is -0.388 e. The molecule has 0 bridgehead atoms. The van der Waals surface area contributed by atoms with Crippen LogP contribution in [0.25, 0.3) is 0 Å². The summed E-state index contributed by atoms with van der Waals surface area (Å²) >= 11 is 7.40. The van der Waals surface area contributed by atoms with E-state index in [9.17, 15) is 5.11 Å². The lowest BCUT2D eigenvalue weighted by atomic mass is 10.1. The summed E-state index contributed by atoms with van der Waals surface area (Å²) in [6.45, 7) is 4.09. The Morgan fingerprint density at radius 2 is 2.31 bits per heavy atom. The Morgan fingerprint density at radius 3 is 2.77 bits per heavy atom. The van der Waals surface area contributed by atoms with Crippen molar-refractivity contribution in [1.29, 1.82) is 0 Å². The maximum absolute atomic E-state index is 9.74. The predicted molar refractivity (Wildman–Crippen MR) is 58.6 cm³/mol. The van der Waals surface area contributed by atoms with E-state index in [4.69, 9.17) is 11.6 Å². The molecule has 0 saturated carbocycles. The number of hydrogen-bond acceptors (Lipinski definition) is 2. The Bertz CT molecular complexity index is 250. The molecule has 13 heavy (non-hydrogen) atoms. The van der Waals surface area contributed by atoms with Crippen molar-refractivity contribution in [1.82, 2.24) is 0 Å². The van der Waals surface area contributed by atoms with Crippen molar-refractivity contribution >= 4 is 22.9 Å². The number of aryl methyl sites for hydroxylation is 1. The summed E-state index contributed by atoms with van der Waals surface area (Å²) in [6.07, 6.45) is 2.70. The van der Waals surface area contributed by atoms with Gasteiger partial charge in [-0.05, 0) is 25.0 Å². The van der Waals surface area contributed by atoms with Gasteiger partial charge in [-0.15, -0.1) is 11.3 Å². The molecular weight excluding hydrogens is 204 g/mol. The Kier molecular flexibility index (Phi) is 4.23. The van der Waals surface area contributed by atoms with Crippen molar-refractivity contribution in [3.8, 4) is 0 Å². The van der Waals surface area contributed by atoms with Crippen LogP contribution in [0.5, 0.6) is 0 Å². The van der Waals surface area contributed by atoms with Crippen LogP contribution >= 0.6 is 22.9 Å². The van der Waals surface area contributed by atoms with Crippen LogP contribution in [-0.2, 0) is 0 Å². The largest absolute Gasteiger partial charge is 0.388 e. The second kappa shape index (κ2) is 4.99. The number of rotatable bonds is 4. The van der Waals surface area contributed by atoms with Crippen LogP contribution in [0.2, 0.25) is 4.34 Å². The quantitative estimate of drug-likeness (QED) is 0.812. The topological polar surface area (TPSA) is 20.2 Å². The molecule has 1 N–H and O–H groups in total. The van der Waals surface area contributed by atoms with Crippen molar-refractivity contribution < 1.29 is 5.11 Å². The van der Waals surface area contributed by atoms with Crippen LogP contribution in [0, 0.1) is 6.92 Å². The summed E-state index contributed by atoms with van der Waals surface area (Å²) < 4.78 is 0.797. The molecule has 1 aromatic rings. The number of aliphatic hydroxyl groups is 1. The fraction of sp³-hybridized carbons (Fsp3) is 0.600. The zero-order chi connectivity index (χ0) is 9.84. The first-order chi connectivity index (χ1) is 6.15. The molecule has 0 spiro atoms. The average Bonchev–Trinajstić information content (AvgIpc) is 2.43. The molecule has 1 aromatic heterocycles. The predicted octanol–water partition coefficient (Wildman–Crippen LogP) is 3.93. The maximum Gasteiger partial charge on any atom is 0.0961 e. The highest BCUT2D eigenvalue weighted by atomic mass is 35.5. The highest BCUT2D eigenvalue weighted by molar-refractivity contribution is 7.16. The first-order valence-electron chi connectivity index (χ1n) is 4.59. The zero-order valence-corrected chi connectivity index (χ0v) is 9.58. The lowest BCUT2D eigenvalue weighted by Crippen LogP contribution is -1.93. The van der Waals surface area contributed by atoms with Crippen molar-refractivity contribution in [3.05, 3.63) is 20.8 Å². The van der Waals surface area contributed by atoms with Gasteiger partial charge in [0.1, 0.15) is 0 Å². The number of thiophene rings is 1. The third-order valence-corrected chi connectivity index (χ3v) is 3.69. The van der Waals surface area contributed by atoms with Crippen LogP contribution in [0.15, 0.2) is 6.07 Å². The summed E-state index contributed by atoms with van der Waals surface area (Å²) in [6, 6.07) is 1.98. The van der Waals surface area contributed by atoms with Crippen LogP contribution < -0.4 is 0 Å². The van der Waals surface area contributed by atoms with Crippen molar-refractivity contribution in [2.45, 2.75) is 39.2 Å². The molecule has 1 unspecified atom stereocenters. The van der Waals surface area contributed by atoms with Crippen LogP contribution in [0.1, 0.15) is 42.7 Å². The second-order valence-corrected chi connectivity index (χ2v) is 4.95. The van der Waals surface area contributed by atoms with Gasteiger partial charge in [0, 0.05) is 4.88 Å². The van der Waals surface area contributed by atoms with E-state index in [0.717, 1.165) is 34.0 Å². The van der Waals surface area contributed by atoms with E-state index in [-0.39, 0.29) is 6.10 Å². The molecule has 3 heteroatoms. The number of halogens is 1. The van der Waals surface area contributed by atoms with E-state index in [0.29, 0.717) is 0 Å². The van der Waals surface area contributed by atoms with Crippen molar-refractivity contribution in [2.75, 3.05) is 0 Å². The summed E-state index contributed by atoms with van der Waals surface area (Å²) in [4.78, 5) is 0.996. The molecule has 1 atom stereocenters. The molecule has 1 heterocycles. The molecule has 0 aliphatic rings. The third kappa shape index (κ3) is 2.97. The number of aliphatic hydroxyl groups excluding tert-OH is 1. The van der Waals surface area contributed by atoms with Gasteiger partial charge in [-0.2, -0.15) is 0 Å². The number of unbranched alkanes of at least 4 members (excludes halogenated alkanes) is 1. The van der Waals surface area contributed by atoms with Crippen LogP contribution in [-0.4, -0.2) is 5.11 Å². The van der Waals surface area contributed by atoms with Gasteiger partial charge in [-0.3, -0.25) is 0 Å². The van der Waals surface area contributed by atoms with E-state index in [1.54, 1.807) is 0 Å². The van der Waals surface area contributed by atoms with E-state index in [1.165, 1.54) is 11.3 Å². The highest BCUT2D eigenvalue weighted by Crippen LogP contribution is 2.32. The zero-order valence-electron chi connectivity index (χ0n) is 8.01. The molecule has 0 radical (unpaired) electrons. The second-order valence-electron chi connectivity index (χ2n) is 3.26. The average molecular weight is 219 g/mol. The first-order valence-corrected chi connectivity index (χ1v) is 5.78. The summed E-state index contributed by atoms with van der Waals surface area (Å²) in [5.41, 5.74) is 1.07. The fourth-order valence-electron chi connectivity index (χ4n) is 1.19. The normalized spacial score (nSPS) is 13.2. The van der Waals surface area contributed by atoms with Crippen molar-refractivity contribution in [3.63, 3.8) is 0 Å². The van der Waals surface area contributed by atoms with Gasteiger partial charge in [0.05, 0.1) is 10.4 Å². The Hall–Kier alpha value is -0.0500. The molecule has 0 amide bonds. The smallest absolute Gasteiger partial charge is 0.0961 e. The molecule has 0 aromatic carbocycles. The lowest BCUT2D eigenvalue weighted by Gasteiger charge is -2.05. The Labute approximate surface area is 88.4 Å². The fourth-order valence-corrected chi connectivity index (χ4v) is 2.43. The first kappa shape index (κ1) is 11.0. The van der Waals surface area contributed by atoms with E-state index in [1.807, 2.05) is 13.0 Å². The van der Waals surface area contributed by atoms with Gasteiger partial charge in [0.2, 0.25) is 0 Å². The van der Waals surface area contributed by atoms with Gasteiger partial charge in [-0.1, -0.05) is 31.4 Å².